The van der Waals surface area contributed by atoms with Crippen LogP contribution in [0.1, 0.15) is 18.1 Å². The van der Waals surface area contributed by atoms with Crippen LogP contribution in [0.2, 0.25) is 0 Å². The summed E-state index contributed by atoms with van der Waals surface area (Å²) in [5.41, 5.74) is 1.65. The van der Waals surface area contributed by atoms with Crippen molar-refractivity contribution in [3.8, 4) is 17.6 Å². The molecular formula is C15H12BrNO. The van der Waals surface area contributed by atoms with Crippen LogP contribution in [0.25, 0.3) is 0 Å². The normalized spacial score (nSPS) is 9.83. The average Bonchev–Trinajstić information content (AvgIpc) is 2.41. The van der Waals surface area contributed by atoms with Crippen molar-refractivity contribution in [3.05, 3.63) is 58.1 Å². The van der Waals surface area contributed by atoms with Gasteiger partial charge in [-0.2, -0.15) is 5.26 Å². The Balaban J connectivity index is 2.37. The zero-order valence-corrected chi connectivity index (χ0v) is 11.6. The Bertz CT molecular complexity index is 602. The molecule has 2 rings (SSSR count). The molecule has 2 aromatic carbocycles. The van der Waals surface area contributed by atoms with E-state index in [0.29, 0.717) is 11.3 Å². The number of halogens is 1. The van der Waals surface area contributed by atoms with Crippen LogP contribution in [-0.4, -0.2) is 0 Å². The second kappa shape index (κ2) is 5.70. The minimum absolute atomic E-state index is 0.523. The molecule has 0 saturated heterocycles. The van der Waals surface area contributed by atoms with Crippen molar-refractivity contribution in [2.24, 2.45) is 0 Å². The summed E-state index contributed by atoms with van der Waals surface area (Å²) in [6.45, 7) is 2.08. The van der Waals surface area contributed by atoms with Crippen LogP contribution >= 0.6 is 15.9 Å². The van der Waals surface area contributed by atoms with E-state index in [4.69, 9.17) is 10.00 Å². The maximum absolute atomic E-state index is 9.10. The van der Waals surface area contributed by atoms with E-state index < -0.39 is 0 Å². The molecule has 0 aliphatic heterocycles. The molecule has 0 spiro atoms. The largest absolute Gasteiger partial charge is 0.456 e. The second-order valence-electron chi connectivity index (χ2n) is 3.82. The van der Waals surface area contributed by atoms with Crippen LogP contribution in [0.3, 0.4) is 0 Å². The molecule has 0 N–H and O–H groups in total. The molecule has 0 radical (unpaired) electrons. The number of rotatable bonds is 3. The number of aryl methyl sites for hydroxylation is 1. The second-order valence-corrected chi connectivity index (χ2v) is 4.73. The van der Waals surface area contributed by atoms with Crippen molar-refractivity contribution >= 4 is 15.9 Å². The molecule has 0 bridgehead atoms. The van der Waals surface area contributed by atoms with Gasteiger partial charge in [-0.05, 0) is 36.2 Å². The van der Waals surface area contributed by atoms with Crippen LogP contribution in [-0.2, 0) is 6.42 Å². The summed E-state index contributed by atoms with van der Waals surface area (Å²) in [7, 11) is 0. The smallest absolute Gasteiger partial charge is 0.145 e. The summed E-state index contributed by atoms with van der Waals surface area (Å²) in [4.78, 5) is 0. The third-order valence-electron chi connectivity index (χ3n) is 2.64. The number of nitrogens with zero attached hydrogens (tertiary/aromatic N) is 1. The first-order valence-electron chi connectivity index (χ1n) is 5.70. The molecule has 18 heavy (non-hydrogen) atoms. The molecule has 90 valence electrons. The van der Waals surface area contributed by atoms with Gasteiger partial charge in [0.25, 0.3) is 0 Å². The Morgan fingerprint density at radius 1 is 1.17 bits per heavy atom. The van der Waals surface area contributed by atoms with E-state index in [1.165, 1.54) is 0 Å². The molecule has 0 amide bonds. The number of hydrogen-bond donors (Lipinski definition) is 0. The minimum Gasteiger partial charge on any atom is -0.456 e. The first kappa shape index (κ1) is 12.7. The molecule has 0 heterocycles. The fourth-order valence-corrected chi connectivity index (χ4v) is 2.05. The summed E-state index contributed by atoms with van der Waals surface area (Å²) in [6.07, 6.45) is 0.897. The van der Waals surface area contributed by atoms with E-state index in [1.807, 2.05) is 30.3 Å². The Morgan fingerprint density at radius 3 is 2.67 bits per heavy atom. The summed E-state index contributed by atoms with van der Waals surface area (Å²) in [5.74, 6) is 1.39. The maximum atomic E-state index is 9.10. The van der Waals surface area contributed by atoms with E-state index in [-0.39, 0.29) is 0 Å². The molecular weight excluding hydrogens is 290 g/mol. The van der Waals surface area contributed by atoms with Crippen LogP contribution < -0.4 is 4.74 Å². The van der Waals surface area contributed by atoms with Gasteiger partial charge in [0.1, 0.15) is 17.6 Å². The van der Waals surface area contributed by atoms with Gasteiger partial charge in [0.2, 0.25) is 0 Å². The SMILES string of the molecule is CCc1ccccc1Oc1ccc(Br)cc1C#N. The monoisotopic (exact) mass is 301 g/mol. The first-order chi connectivity index (χ1) is 8.74. The average molecular weight is 302 g/mol. The van der Waals surface area contributed by atoms with Gasteiger partial charge in [-0.15, -0.1) is 0 Å². The Hall–Kier alpha value is -1.79. The molecule has 0 fully saturated rings. The molecule has 0 aliphatic carbocycles. The highest BCUT2D eigenvalue weighted by Crippen LogP contribution is 2.29. The van der Waals surface area contributed by atoms with Crippen LogP contribution in [0, 0.1) is 11.3 Å². The molecule has 0 atom stereocenters. The molecule has 3 heteroatoms. The number of para-hydroxylation sites is 1. The van der Waals surface area contributed by atoms with Gasteiger partial charge in [-0.3, -0.25) is 0 Å². The zero-order valence-electron chi connectivity index (χ0n) is 9.98. The van der Waals surface area contributed by atoms with E-state index in [1.54, 1.807) is 12.1 Å². The number of hydrogen-bond acceptors (Lipinski definition) is 2. The highest BCUT2D eigenvalue weighted by atomic mass is 79.9. The van der Waals surface area contributed by atoms with Gasteiger partial charge in [0.15, 0.2) is 0 Å². The van der Waals surface area contributed by atoms with Gasteiger partial charge in [-0.25, -0.2) is 0 Å². The Labute approximate surface area is 115 Å². The molecule has 0 aliphatic rings. The number of benzene rings is 2. The highest BCUT2D eigenvalue weighted by Gasteiger charge is 2.07. The van der Waals surface area contributed by atoms with Crippen molar-refractivity contribution in [1.29, 1.82) is 5.26 Å². The lowest BCUT2D eigenvalue weighted by atomic mass is 10.1. The summed E-state index contributed by atoms with van der Waals surface area (Å²) < 4.78 is 6.70. The van der Waals surface area contributed by atoms with E-state index >= 15 is 0 Å². The maximum Gasteiger partial charge on any atom is 0.145 e. The van der Waals surface area contributed by atoms with Crippen molar-refractivity contribution in [3.63, 3.8) is 0 Å². The number of nitriles is 1. The summed E-state index contributed by atoms with van der Waals surface area (Å²) in [6, 6.07) is 15.4. The van der Waals surface area contributed by atoms with Crippen LogP contribution in [0.4, 0.5) is 0 Å². The Morgan fingerprint density at radius 2 is 1.94 bits per heavy atom. The standard InChI is InChI=1S/C15H12BrNO/c1-2-11-5-3-4-6-14(11)18-15-8-7-13(16)9-12(15)10-17/h3-9H,2H2,1H3. The third-order valence-corrected chi connectivity index (χ3v) is 3.13. The van der Waals surface area contributed by atoms with Crippen molar-refractivity contribution in [2.45, 2.75) is 13.3 Å². The van der Waals surface area contributed by atoms with Crippen molar-refractivity contribution in [2.75, 3.05) is 0 Å². The van der Waals surface area contributed by atoms with Crippen molar-refractivity contribution in [1.82, 2.24) is 0 Å². The lowest BCUT2D eigenvalue weighted by Crippen LogP contribution is -1.92. The quantitative estimate of drug-likeness (QED) is 0.825. The fraction of sp³-hybridized carbons (Fsp3) is 0.133. The van der Waals surface area contributed by atoms with Gasteiger partial charge >= 0.3 is 0 Å². The predicted octanol–water partition coefficient (Wildman–Crippen LogP) is 4.68. The lowest BCUT2D eigenvalue weighted by molar-refractivity contribution is 0.475. The minimum atomic E-state index is 0.523. The predicted molar refractivity (Wildman–Crippen MR) is 74.8 cm³/mol. The topological polar surface area (TPSA) is 33.0 Å². The summed E-state index contributed by atoms with van der Waals surface area (Å²) >= 11 is 3.34. The number of ether oxygens (including phenoxy) is 1. The van der Waals surface area contributed by atoms with E-state index in [9.17, 15) is 0 Å². The molecule has 2 nitrogen and oxygen atoms in total. The van der Waals surface area contributed by atoms with Crippen molar-refractivity contribution < 1.29 is 4.74 Å². The Kier molecular flexibility index (Phi) is 4.01. The lowest BCUT2D eigenvalue weighted by Gasteiger charge is -2.11. The first-order valence-corrected chi connectivity index (χ1v) is 6.49. The van der Waals surface area contributed by atoms with E-state index in [2.05, 4.69) is 28.9 Å². The fourth-order valence-electron chi connectivity index (χ4n) is 1.69. The van der Waals surface area contributed by atoms with Gasteiger partial charge < -0.3 is 4.74 Å². The molecule has 2 aromatic rings. The van der Waals surface area contributed by atoms with Gasteiger partial charge in [0.05, 0.1) is 5.56 Å². The molecule has 0 saturated carbocycles. The highest BCUT2D eigenvalue weighted by molar-refractivity contribution is 9.10. The van der Waals surface area contributed by atoms with Crippen LogP contribution in [0.5, 0.6) is 11.5 Å². The third kappa shape index (κ3) is 2.72. The van der Waals surface area contributed by atoms with Gasteiger partial charge in [-0.1, -0.05) is 41.1 Å². The van der Waals surface area contributed by atoms with Crippen LogP contribution in [0.15, 0.2) is 46.9 Å². The summed E-state index contributed by atoms with van der Waals surface area (Å²) in [5, 5.41) is 9.10. The zero-order chi connectivity index (χ0) is 13.0. The van der Waals surface area contributed by atoms with Gasteiger partial charge in [0, 0.05) is 4.47 Å². The molecule has 0 aromatic heterocycles. The van der Waals surface area contributed by atoms with E-state index in [0.717, 1.165) is 22.2 Å². The molecule has 0 unspecified atom stereocenters.